The van der Waals surface area contributed by atoms with E-state index in [0.29, 0.717) is 22.0 Å². The summed E-state index contributed by atoms with van der Waals surface area (Å²) in [6.45, 7) is 0. The number of benzene rings is 2. The maximum absolute atomic E-state index is 13.6. The van der Waals surface area contributed by atoms with E-state index < -0.39 is 12.2 Å². The lowest BCUT2D eigenvalue weighted by molar-refractivity contribution is 0.153. The maximum Gasteiger partial charge on any atom is 0.264 e. The molecule has 0 fully saturated rings. The predicted molar refractivity (Wildman–Crippen MR) is 94.2 cm³/mol. The first-order valence-corrected chi connectivity index (χ1v) is 8.09. The molecule has 0 saturated heterocycles. The van der Waals surface area contributed by atoms with E-state index in [1.54, 1.807) is 24.3 Å². The quantitative estimate of drug-likeness (QED) is 0.453. The Morgan fingerprint density at radius 2 is 1.65 bits per heavy atom. The van der Waals surface area contributed by atoms with Crippen LogP contribution in [-0.2, 0) is 0 Å². The third-order valence-corrected chi connectivity index (χ3v) is 4.27. The topological polar surface area (TPSA) is 30.7 Å². The summed E-state index contributed by atoms with van der Waals surface area (Å²) in [7, 11) is 0. The standard InChI is InChI=1S/C19H11ClF3N3/c20-12-3-1-11(2-4-12)17-9-15(18(22)23)16-10-24-26(19(16)25-17)14-7-5-13(21)6-8-14/h1-10,18H. The molecule has 0 spiro atoms. The largest absolute Gasteiger partial charge is 0.264 e. The Balaban J connectivity index is 1.96. The summed E-state index contributed by atoms with van der Waals surface area (Å²) in [6, 6.07) is 13.7. The molecular weight excluding hydrogens is 363 g/mol. The van der Waals surface area contributed by atoms with Crippen molar-refractivity contribution in [2.24, 2.45) is 0 Å². The highest BCUT2D eigenvalue weighted by molar-refractivity contribution is 6.30. The predicted octanol–water partition coefficient (Wildman–Crippen LogP) is 5.82. The van der Waals surface area contributed by atoms with Crippen molar-refractivity contribution in [1.29, 1.82) is 0 Å². The van der Waals surface area contributed by atoms with Gasteiger partial charge in [-0.2, -0.15) is 5.10 Å². The van der Waals surface area contributed by atoms with E-state index in [2.05, 4.69) is 10.1 Å². The van der Waals surface area contributed by atoms with Crippen molar-refractivity contribution < 1.29 is 13.2 Å². The molecule has 0 N–H and O–H groups in total. The van der Waals surface area contributed by atoms with Gasteiger partial charge in [0.15, 0.2) is 5.65 Å². The van der Waals surface area contributed by atoms with Crippen LogP contribution in [0.2, 0.25) is 5.02 Å². The number of alkyl halides is 2. The second kappa shape index (κ2) is 6.46. The summed E-state index contributed by atoms with van der Waals surface area (Å²) in [5.74, 6) is -0.395. The van der Waals surface area contributed by atoms with Crippen molar-refractivity contribution in [3.63, 3.8) is 0 Å². The lowest BCUT2D eigenvalue weighted by atomic mass is 10.1. The third kappa shape index (κ3) is 2.93. The van der Waals surface area contributed by atoms with Gasteiger partial charge in [-0.25, -0.2) is 22.8 Å². The van der Waals surface area contributed by atoms with Gasteiger partial charge < -0.3 is 0 Å². The molecule has 2 aromatic heterocycles. The number of hydrogen-bond donors (Lipinski definition) is 0. The Morgan fingerprint density at radius 3 is 2.31 bits per heavy atom. The Kier molecular flexibility index (Phi) is 4.12. The first-order chi connectivity index (χ1) is 12.5. The van der Waals surface area contributed by atoms with E-state index in [0.717, 1.165) is 0 Å². The number of fused-ring (bicyclic) bond motifs is 1. The molecule has 130 valence electrons. The van der Waals surface area contributed by atoms with Gasteiger partial charge in [0.05, 0.1) is 17.6 Å². The molecule has 26 heavy (non-hydrogen) atoms. The van der Waals surface area contributed by atoms with Gasteiger partial charge >= 0.3 is 0 Å². The number of halogens is 4. The van der Waals surface area contributed by atoms with Crippen molar-refractivity contribution in [3.8, 4) is 16.9 Å². The lowest BCUT2D eigenvalue weighted by Gasteiger charge is -2.09. The van der Waals surface area contributed by atoms with Crippen LogP contribution in [0.3, 0.4) is 0 Å². The minimum absolute atomic E-state index is 0.159. The highest BCUT2D eigenvalue weighted by Gasteiger charge is 2.19. The van der Waals surface area contributed by atoms with Crippen molar-refractivity contribution >= 4 is 22.6 Å². The van der Waals surface area contributed by atoms with Crippen LogP contribution in [0, 0.1) is 5.82 Å². The average Bonchev–Trinajstić information content (AvgIpc) is 3.06. The van der Waals surface area contributed by atoms with Gasteiger partial charge in [0, 0.05) is 21.5 Å². The lowest BCUT2D eigenvalue weighted by Crippen LogP contribution is -2.00. The van der Waals surface area contributed by atoms with Crippen LogP contribution in [0.25, 0.3) is 28.0 Å². The molecule has 2 aromatic carbocycles. The normalized spacial score (nSPS) is 11.4. The zero-order valence-corrected chi connectivity index (χ0v) is 14.0. The van der Waals surface area contributed by atoms with Crippen LogP contribution in [0.4, 0.5) is 13.2 Å². The minimum atomic E-state index is -2.68. The summed E-state index contributed by atoms with van der Waals surface area (Å²) in [5.41, 5.74) is 1.69. The van der Waals surface area contributed by atoms with Crippen LogP contribution in [0.15, 0.2) is 60.8 Å². The third-order valence-electron chi connectivity index (χ3n) is 4.02. The van der Waals surface area contributed by atoms with Gasteiger partial charge in [-0.3, -0.25) is 0 Å². The smallest absolute Gasteiger partial charge is 0.228 e. The summed E-state index contributed by atoms with van der Waals surface area (Å²) in [5, 5.41) is 4.96. The van der Waals surface area contributed by atoms with Gasteiger partial charge in [0.25, 0.3) is 6.43 Å². The molecule has 0 aliphatic carbocycles. The SMILES string of the molecule is Fc1ccc(-n2ncc3c(C(F)F)cc(-c4ccc(Cl)cc4)nc32)cc1. The molecule has 7 heteroatoms. The van der Waals surface area contributed by atoms with Crippen molar-refractivity contribution in [1.82, 2.24) is 14.8 Å². The van der Waals surface area contributed by atoms with Gasteiger partial charge in [0.1, 0.15) is 5.82 Å². The van der Waals surface area contributed by atoms with Crippen molar-refractivity contribution in [3.05, 3.63) is 77.2 Å². The zero-order valence-electron chi connectivity index (χ0n) is 13.2. The Bertz CT molecular complexity index is 1070. The van der Waals surface area contributed by atoms with Gasteiger partial charge in [-0.05, 0) is 42.5 Å². The van der Waals surface area contributed by atoms with Crippen molar-refractivity contribution in [2.45, 2.75) is 6.43 Å². The van der Waals surface area contributed by atoms with Crippen LogP contribution in [-0.4, -0.2) is 14.8 Å². The van der Waals surface area contributed by atoms with Crippen LogP contribution < -0.4 is 0 Å². The fraction of sp³-hybridized carbons (Fsp3) is 0.0526. The molecule has 0 atom stereocenters. The fourth-order valence-electron chi connectivity index (χ4n) is 2.74. The Morgan fingerprint density at radius 1 is 0.962 bits per heavy atom. The molecule has 0 aliphatic rings. The number of hydrogen-bond acceptors (Lipinski definition) is 2. The van der Waals surface area contributed by atoms with E-state index >= 15 is 0 Å². The van der Waals surface area contributed by atoms with E-state index in [9.17, 15) is 13.2 Å². The molecule has 4 rings (SSSR count). The molecule has 4 aromatic rings. The fourth-order valence-corrected chi connectivity index (χ4v) is 2.87. The highest BCUT2D eigenvalue weighted by Crippen LogP contribution is 2.32. The molecule has 0 amide bonds. The number of pyridine rings is 1. The summed E-state index contributed by atoms with van der Waals surface area (Å²) >= 11 is 5.89. The molecular formula is C19H11ClF3N3. The van der Waals surface area contributed by atoms with E-state index in [-0.39, 0.29) is 16.6 Å². The average molecular weight is 374 g/mol. The second-order valence-corrected chi connectivity index (χ2v) is 6.11. The molecule has 0 bridgehead atoms. The van der Waals surface area contributed by atoms with Gasteiger partial charge in [0.2, 0.25) is 0 Å². The first kappa shape index (κ1) is 16.6. The maximum atomic E-state index is 13.6. The number of aromatic nitrogens is 3. The molecule has 0 radical (unpaired) electrons. The summed E-state index contributed by atoms with van der Waals surface area (Å²) < 4.78 is 41.8. The zero-order chi connectivity index (χ0) is 18.3. The minimum Gasteiger partial charge on any atom is -0.228 e. The van der Waals surface area contributed by atoms with Gasteiger partial charge in [-0.1, -0.05) is 23.7 Å². The Hall–Kier alpha value is -2.86. The second-order valence-electron chi connectivity index (χ2n) is 5.67. The Labute approximate surface area is 151 Å². The van der Waals surface area contributed by atoms with Crippen LogP contribution >= 0.6 is 11.6 Å². The molecule has 0 aliphatic heterocycles. The van der Waals surface area contributed by atoms with Crippen molar-refractivity contribution in [2.75, 3.05) is 0 Å². The molecule has 0 unspecified atom stereocenters. The molecule has 0 saturated carbocycles. The molecule has 3 nitrogen and oxygen atoms in total. The van der Waals surface area contributed by atoms with Crippen LogP contribution in [0.1, 0.15) is 12.0 Å². The van der Waals surface area contributed by atoms with E-state index in [4.69, 9.17) is 11.6 Å². The van der Waals surface area contributed by atoms with E-state index in [1.807, 2.05) is 0 Å². The van der Waals surface area contributed by atoms with Crippen LogP contribution in [0.5, 0.6) is 0 Å². The highest BCUT2D eigenvalue weighted by atomic mass is 35.5. The summed E-state index contributed by atoms with van der Waals surface area (Å²) in [4.78, 5) is 4.51. The number of nitrogens with zero attached hydrogens (tertiary/aromatic N) is 3. The number of rotatable bonds is 3. The summed E-state index contributed by atoms with van der Waals surface area (Å²) in [6.07, 6.45) is -1.34. The van der Waals surface area contributed by atoms with E-state index in [1.165, 1.54) is 41.2 Å². The first-order valence-electron chi connectivity index (χ1n) is 7.71. The van der Waals surface area contributed by atoms with Gasteiger partial charge in [-0.15, -0.1) is 0 Å². The molecule has 2 heterocycles. The monoisotopic (exact) mass is 373 g/mol.